The number of hydrogen-bond acceptors (Lipinski definition) is 4. The summed E-state index contributed by atoms with van der Waals surface area (Å²) in [5.41, 5.74) is 0.924. The van der Waals surface area contributed by atoms with Gasteiger partial charge in [-0.15, -0.1) is 0 Å². The molecule has 0 bridgehead atoms. The molecule has 0 aliphatic carbocycles. The van der Waals surface area contributed by atoms with Crippen LogP contribution in [0, 0.1) is 0 Å². The van der Waals surface area contributed by atoms with Gasteiger partial charge in [-0.2, -0.15) is 0 Å². The van der Waals surface area contributed by atoms with E-state index >= 15 is 0 Å². The lowest BCUT2D eigenvalue weighted by Gasteiger charge is -2.15. The number of pyridine rings is 1. The number of likely N-dealkylation sites (tertiary alicyclic amines) is 1. The second-order valence-electron chi connectivity index (χ2n) is 5.52. The van der Waals surface area contributed by atoms with Crippen molar-refractivity contribution < 1.29 is 4.79 Å². The summed E-state index contributed by atoms with van der Waals surface area (Å²) in [7, 11) is 5.75. The Morgan fingerprint density at radius 2 is 2.10 bits per heavy atom. The van der Waals surface area contributed by atoms with Gasteiger partial charge in [0, 0.05) is 51.8 Å². The third-order valence-corrected chi connectivity index (χ3v) is 3.87. The minimum Gasteiger partial charge on any atom is -0.363 e. The minimum absolute atomic E-state index is 0.145. The molecule has 1 atom stereocenters. The Morgan fingerprint density at radius 1 is 1.29 bits per heavy atom. The lowest BCUT2D eigenvalue weighted by Crippen LogP contribution is -2.24. The van der Waals surface area contributed by atoms with Gasteiger partial charge in [0.25, 0.3) is 0 Å². The average Bonchev–Trinajstić information content (AvgIpc) is 3.07. The molecular formula is C15H19N5O. The van der Waals surface area contributed by atoms with Gasteiger partial charge >= 0.3 is 0 Å². The highest BCUT2D eigenvalue weighted by Crippen LogP contribution is 2.28. The molecule has 0 spiro atoms. The number of carbonyl (C=O) groups excluding carboxylic acids is 1. The third kappa shape index (κ3) is 2.37. The molecular weight excluding hydrogens is 266 g/mol. The van der Waals surface area contributed by atoms with Crippen LogP contribution in [0.4, 0.5) is 5.82 Å². The zero-order valence-corrected chi connectivity index (χ0v) is 12.5. The molecule has 2 aromatic heterocycles. The highest BCUT2D eigenvalue weighted by molar-refractivity contribution is 5.83. The second kappa shape index (κ2) is 5.20. The Balaban J connectivity index is 1.94. The van der Waals surface area contributed by atoms with Crippen LogP contribution in [0.25, 0.3) is 11.4 Å². The first kappa shape index (κ1) is 13.6. The van der Waals surface area contributed by atoms with E-state index in [4.69, 9.17) is 0 Å². The van der Waals surface area contributed by atoms with Crippen molar-refractivity contribution in [3.63, 3.8) is 0 Å². The minimum atomic E-state index is -0.152. The van der Waals surface area contributed by atoms with Gasteiger partial charge in [0.15, 0.2) is 0 Å². The number of hydrogen-bond donors (Lipinski definition) is 0. The van der Waals surface area contributed by atoms with Crippen molar-refractivity contribution in [1.29, 1.82) is 0 Å². The van der Waals surface area contributed by atoms with E-state index in [0.717, 1.165) is 30.2 Å². The van der Waals surface area contributed by atoms with Crippen molar-refractivity contribution in [2.75, 3.05) is 32.6 Å². The zero-order valence-electron chi connectivity index (χ0n) is 12.5. The van der Waals surface area contributed by atoms with Gasteiger partial charge in [0.1, 0.15) is 17.7 Å². The van der Waals surface area contributed by atoms with Crippen LogP contribution in [-0.2, 0) is 4.79 Å². The molecule has 6 heteroatoms. The molecule has 0 N–H and O–H groups in total. The van der Waals surface area contributed by atoms with Crippen molar-refractivity contribution in [3.05, 3.63) is 30.7 Å². The Bertz CT molecular complexity index is 646. The highest BCUT2D eigenvalue weighted by atomic mass is 16.2. The molecule has 1 fully saturated rings. The number of imidazole rings is 1. The van der Waals surface area contributed by atoms with Crippen LogP contribution in [0.15, 0.2) is 30.7 Å². The molecule has 3 heterocycles. The summed E-state index contributed by atoms with van der Waals surface area (Å²) in [4.78, 5) is 24.7. The van der Waals surface area contributed by atoms with Crippen LogP contribution in [0.2, 0.25) is 0 Å². The molecule has 3 rings (SSSR count). The van der Waals surface area contributed by atoms with Crippen LogP contribution < -0.4 is 4.90 Å². The van der Waals surface area contributed by atoms with E-state index in [1.165, 1.54) is 0 Å². The van der Waals surface area contributed by atoms with E-state index in [9.17, 15) is 4.79 Å². The van der Waals surface area contributed by atoms with Gasteiger partial charge in [0.05, 0.1) is 0 Å². The Morgan fingerprint density at radius 3 is 2.67 bits per heavy atom. The first-order valence-corrected chi connectivity index (χ1v) is 6.99. The SMILES string of the molecule is CN1CCC(n2ccnc2-c2ccc(N(C)C)nc2)C1=O. The number of aromatic nitrogens is 3. The Kier molecular flexibility index (Phi) is 3.37. The molecule has 1 aliphatic rings. The highest BCUT2D eigenvalue weighted by Gasteiger charge is 2.31. The standard InChI is InChI=1S/C15H19N5O/c1-18(2)13-5-4-11(10-17-13)14-16-7-9-20(14)12-6-8-19(3)15(12)21/h4-5,7,9-10,12H,6,8H2,1-3H3. The fourth-order valence-corrected chi connectivity index (χ4v) is 2.63. The van der Waals surface area contributed by atoms with Crippen LogP contribution in [0.3, 0.4) is 0 Å². The van der Waals surface area contributed by atoms with E-state index in [2.05, 4.69) is 9.97 Å². The summed E-state index contributed by atoms with van der Waals surface area (Å²) in [6.07, 6.45) is 6.23. The number of carbonyl (C=O) groups is 1. The first-order chi connectivity index (χ1) is 10.1. The summed E-state index contributed by atoms with van der Waals surface area (Å²) in [6.45, 7) is 0.791. The van der Waals surface area contributed by atoms with Crippen molar-refractivity contribution in [2.24, 2.45) is 0 Å². The van der Waals surface area contributed by atoms with E-state index in [1.807, 2.05) is 48.9 Å². The quantitative estimate of drug-likeness (QED) is 0.855. The molecule has 21 heavy (non-hydrogen) atoms. The van der Waals surface area contributed by atoms with E-state index in [0.29, 0.717) is 0 Å². The smallest absolute Gasteiger partial charge is 0.245 e. The lowest BCUT2D eigenvalue weighted by atomic mass is 10.2. The fraction of sp³-hybridized carbons (Fsp3) is 0.400. The normalized spacial score (nSPS) is 18.3. The van der Waals surface area contributed by atoms with Crippen LogP contribution in [-0.4, -0.2) is 53.0 Å². The topological polar surface area (TPSA) is 54.3 Å². The number of rotatable bonds is 3. The fourth-order valence-electron chi connectivity index (χ4n) is 2.63. The van der Waals surface area contributed by atoms with Crippen LogP contribution in [0.1, 0.15) is 12.5 Å². The summed E-state index contributed by atoms with van der Waals surface area (Å²) in [5, 5.41) is 0. The average molecular weight is 285 g/mol. The third-order valence-electron chi connectivity index (χ3n) is 3.87. The van der Waals surface area contributed by atoms with Gasteiger partial charge in [-0.25, -0.2) is 9.97 Å². The summed E-state index contributed by atoms with van der Waals surface area (Å²) >= 11 is 0. The molecule has 0 radical (unpaired) electrons. The van der Waals surface area contributed by atoms with Gasteiger partial charge in [-0.05, 0) is 18.6 Å². The van der Waals surface area contributed by atoms with Crippen molar-refractivity contribution in [1.82, 2.24) is 19.4 Å². The van der Waals surface area contributed by atoms with Crippen molar-refractivity contribution >= 4 is 11.7 Å². The molecule has 0 aromatic carbocycles. The molecule has 1 saturated heterocycles. The summed E-state index contributed by atoms with van der Waals surface area (Å²) in [5.74, 6) is 1.84. The van der Waals surface area contributed by atoms with E-state index in [-0.39, 0.29) is 11.9 Å². The monoisotopic (exact) mass is 285 g/mol. The predicted molar refractivity (Wildman–Crippen MR) is 81.1 cm³/mol. The van der Waals surface area contributed by atoms with Crippen LogP contribution in [0.5, 0.6) is 0 Å². The van der Waals surface area contributed by atoms with Gasteiger partial charge in [0.2, 0.25) is 5.91 Å². The predicted octanol–water partition coefficient (Wildman–Crippen LogP) is 1.41. The van der Waals surface area contributed by atoms with Gasteiger partial charge in [-0.3, -0.25) is 4.79 Å². The van der Waals surface area contributed by atoms with Crippen LogP contribution >= 0.6 is 0 Å². The second-order valence-corrected chi connectivity index (χ2v) is 5.52. The molecule has 2 aromatic rings. The maximum Gasteiger partial charge on any atom is 0.245 e. The van der Waals surface area contributed by atoms with Gasteiger partial charge in [-0.1, -0.05) is 0 Å². The molecule has 1 aliphatic heterocycles. The maximum atomic E-state index is 12.2. The number of amides is 1. The molecule has 6 nitrogen and oxygen atoms in total. The molecule has 110 valence electrons. The Hall–Kier alpha value is -2.37. The molecule has 0 saturated carbocycles. The van der Waals surface area contributed by atoms with Crippen molar-refractivity contribution in [3.8, 4) is 11.4 Å². The number of nitrogens with zero attached hydrogens (tertiary/aromatic N) is 5. The van der Waals surface area contributed by atoms with E-state index < -0.39 is 0 Å². The number of anilines is 1. The summed E-state index contributed by atoms with van der Waals surface area (Å²) in [6, 6.07) is 3.79. The van der Waals surface area contributed by atoms with Gasteiger partial charge < -0.3 is 14.4 Å². The molecule has 1 amide bonds. The largest absolute Gasteiger partial charge is 0.363 e. The number of likely N-dealkylation sites (N-methyl/N-ethyl adjacent to an activating group) is 1. The first-order valence-electron chi connectivity index (χ1n) is 6.99. The Labute approximate surface area is 124 Å². The van der Waals surface area contributed by atoms with Crippen molar-refractivity contribution in [2.45, 2.75) is 12.5 Å². The zero-order chi connectivity index (χ0) is 15.0. The molecule has 1 unspecified atom stereocenters. The van der Waals surface area contributed by atoms with E-state index in [1.54, 1.807) is 17.3 Å². The maximum absolute atomic E-state index is 12.2. The lowest BCUT2D eigenvalue weighted by molar-refractivity contribution is -0.129. The summed E-state index contributed by atoms with van der Waals surface area (Å²) < 4.78 is 1.96.